The Hall–Kier alpha value is -3.28. The molecule has 164 valence electrons. The zero-order valence-electron chi connectivity index (χ0n) is 17.0. The van der Waals surface area contributed by atoms with E-state index in [2.05, 4.69) is 25.1 Å². The van der Waals surface area contributed by atoms with Gasteiger partial charge in [-0.25, -0.2) is 14.6 Å². The molecule has 0 aromatic carbocycles. The van der Waals surface area contributed by atoms with E-state index >= 15 is 0 Å². The summed E-state index contributed by atoms with van der Waals surface area (Å²) in [5, 5.41) is 7.15. The van der Waals surface area contributed by atoms with Crippen molar-refractivity contribution in [2.75, 3.05) is 11.9 Å². The molecule has 0 atom stereocenters. The second-order valence-electron chi connectivity index (χ2n) is 6.69. The van der Waals surface area contributed by atoms with Crippen LogP contribution in [0.4, 0.5) is 18.9 Å². The Labute approximate surface area is 178 Å². The van der Waals surface area contributed by atoms with Gasteiger partial charge in [0.1, 0.15) is 9.88 Å². The summed E-state index contributed by atoms with van der Waals surface area (Å²) in [5.74, 6) is -0.696. The van der Waals surface area contributed by atoms with Gasteiger partial charge in [-0.2, -0.15) is 18.3 Å². The van der Waals surface area contributed by atoms with Crippen molar-refractivity contribution in [2.45, 2.75) is 26.9 Å². The van der Waals surface area contributed by atoms with Gasteiger partial charge < -0.3 is 10.1 Å². The van der Waals surface area contributed by atoms with Crippen LogP contribution in [0.25, 0.3) is 10.6 Å². The standard InChI is InChI=1S/C19H18F3N5O3S/c1-9-10(2)26-27(4)18(29)14(9)17-24-11(3)15(31-17)16(28)25-12-5-6-13(23-7-12)30-8-19(20,21)22/h5-7H,8H2,1-4H3,(H,25,28). The predicted octanol–water partition coefficient (Wildman–Crippen LogP) is 3.42. The molecule has 31 heavy (non-hydrogen) atoms. The molecule has 0 spiro atoms. The Morgan fingerprint density at radius 1 is 1.23 bits per heavy atom. The lowest BCUT2D eigenvalue weighted by Gasteiger charge is -2.09. The van der Waals surface area contributed by atoms with Crippen molar-refractivity contribution in [3.8, 4) is 16.5 Å². The molecule has 0 radical (unpaired) electrons. The summed E-state index contributed by atoms with van der Waals surface area (Å²) < 4.78 is 42.4. The molecule has 8 nitrogen and oxygen atoms in total. The van der Waals surface area contributed by atoms with Crippen molar-refractivity contribution in [3.63, 3.8) is 0 Å². The summed E-state index contributed by atoms with van der Waals surface area (Å²) in [7, 11) is 1.54. The Morgan fingerprint density at radius 3 is 2.55 bits per heavy atom. The molecule has 0 fully saturated rings. The number of ether oxygens (including phenoxy) is 1. The number of thiazole rings is 1. The molecule has 3 rings (SSSR count). The number of amides is 1. The van der Waals surface area contributed by atoms with E-state index in [0.29, 0.717) is 32.4 Å². The topological polar surface area (TPSA) is 99.0 Å². The average molecular weight is 453 g/mol. The lowest BCUT2D eigenvalue weighted by molar-refractivity contribution is -0.154. The molecule has 12 heteroatoms. The first-order valence-electron chi connectivity index (χ1n) is 8.95. The van der Waals surface area contributed by atoms with Crippen LogP contribution >= 0.6 is 11.3 Å². The van der Waals surface area contributed by atoms with Crippen molar-refractivity contribution in [1.82, 2.24) is 19.7 Å². The van der Waals surface area contributed by atoms with Crippen LogP contribution in [-0.2, 0) is 7.05 Å². The van der Waals surface area contributed by atoms with E-state index in [0.717, 1.165) is 11.3 Å². The number of nitrogens with zero attached hydrogens (tertiary/aromatic N) is 4. The zero-order chi connectivity index (χ0) is 22.9. The largest absolute Gasteiger partial charge is 0.468 e. The predicted molar refractivity (Wildman–Crippen MR) is 109 cm³/mol. The van der Waals surface area contributed by atoms with Crippen molar-refractivity contribution in [3.05, 3.63) is 50.5 Å². The van der Waals surface area contributed by atoms with E-state index in [4.69, 9.17) is 0 Å². The SMILES string of the molecule is Cc1nc(-c2c(C)c(C)nn(C)c2=O)sc1C(=O)Nc1ccc(OCC(F)(F)F)nc1. The number of aryl methyl sites for hydroxylation is 3. The highest BCUT2D eigenvalue weighted by Gasteiger charge is 2.28. The highest BCUT2D eigenvalue weighted by atomic mass is 32.1. The van der Waals surface area contributed by atoms with E-state index in [-0.39, 0.29) is 17.1 Å². The van der Waals surface area contributed by atoms with Gasteiger partial charge in [-0.3, -0.25) is 9.59 Å². The van der Waals surface area contributed by atoms with Crippen LogP contribution in [-0.4, -0.2) is 38.4 Å². The van der Waals surface area contributed by atoms with Gasteiger partial charge in [0, 0.05) is 13.1 Å². The van der Waals surface area contributed by atoms with E-state index in [1.54, 1.807) is 27.8 Å². The number of alkyl halides is 3. The maximum atomic E-state index is 12.7. The van der Waals surface area contributed by atoms with Crippen LogP contribution < -0.4 is 15.6 Å². The lowest BCUT2D eigenvalue weighted by Crippen LogP contribution is -2.23. The molecule has 3 heterocycles. The van der Waals surface area contributed by atoms with Gasteiger partial charge in [-0.1, -0.05) is 0 Å². The Kier molecular flexibility index (Phi) is 6.11. The van der Waals surface area contributed by atoms with E-state index in [1.165, 1.54) is 23.0 Å². The number of halogens is 3. The van der Waals surface area contributed by atoms with Gasteiger partial charge in [0.15, 0.2) is 6.61 Å². The second kappa shape index (κ2) is 8.46. The minimum atomic E-state index is -4.47. The van der Waals surface area contributed by atoms with Crippen LogP contribution in [0, 0.1) is 20.8 Å². The first-order valence-corrected chi connectivity index (χ1v) is 9.77. The quantitative estimate of drug-likeness (QED) is 0.636. The molecule has 0 bridgehead atoms. The molecule has 3 aromatic heterocycles. The smallest absolute Gasteiger partial charge is 0.422 e. The number of pyridine rings is 1. The van der Waals surface area contributed by atoms with Crippen molar-refractivity contribution in [1.29, 1.82) is 0 Å². The summed E-state index contributed by atoms with van der Waals surface area (Å²) in [6.07, 6.45) is -3.28. The number of carbonyl (C=O) groups excluding carboxylic acids is 1. The Bertz CT molecular complexity index is 1190. The Balaban J connectivity index is 1.80. The number of anilines is 1. The molecule has 0 aliphatic heterocycles. The van der Waals surface area contributed by atoms with Crippen molar-refractivity contribution >= 4 is 22.9 Å². The molecule has 1 amide bonds. The van der Waals surface area contributed by atoms with Crippen LogP contribution in [0.1, 0.15) is 26.6 Å². The number of carbonyl (C=O) groups is 1. The molecule has 1 N–H and O–H groups in total. The van der Waals surface area contributed by atoms with Gasteiger partial charge in [0.2, 0.25) is 5.88 Å². The fourth-order valence-electron chi connectivity index (χ4n) is 2.70. The third kappa shape index (κ3) is 5.08. The molecule has 0 saturated heterocycles. The summed E-state index contributed by atoms with van der Waals surface area (Å²) in [4.78, 5) is 33.7. The molecular weight excluding hydrogens is 435 g/mol. The molecule has 3 aromatic rings. The third-order valence-electron chi connectivity index (χ3n) is 4.32. The van der Waals surface area contributed by atoms with E-state index in [1.807, 2.05) is 0 Å². The van der Waals surface area contributed by atoms with Crippen molar-refractivity contribution < 1.29 is 22.7 Å². The first kappa shape index (κ1) is 22.4. The van der Waals surface area contributed by atoms with Gasteiger partial charge in [-0.05, 0) is 32.4 Å². The number of nitrogens with one attached hydrogen (secondary N) is 1. The van der Waals surface area contributed by atoms with Gasteiger partial charge in [-0.15, -0.1) is 11.3 Å². The van der Waals surface area contributed by atoms with Crippen LogP contribution in [0.15, 0.2) is 23.1 Å². The van der Waals surface area contributed by atoms with Crippen LogP contribution in [0.5, 0.6) is 5.88 Å². The number of rotatable bonds is 5. The second-order valence-corrected chi connectivity index (χ2v) is 7.69. The Morgan fingerprint density at radius 2 is 1.94 bits per heavy atom. The summed E-state index contributed by atoms with van der Waals surface area (Å²) in [5.41, 5.74) is 2.13. The fraction of sp³-hybridized carbons (Fsp3) is 0.316. The molecule has 0 aliphatic carbocycles. The number of hydrogen-bond acceptors (Lipinski definition) is 7. The number of hydrogen-bond donors (Lipinski definition) is 1. The van der Waals surface area contributed by atoms with Gasteiger partial charge >= 0.3 is 6.18 Å². The molecular formula is C19H18F3N5O3S. The van der Waals surface area contributed by atoms with Crippen molar-refractivity contribution in [2.24, 2.45) is 7.05 Å². The maximum Gasteiger partial charge on any atom is 0.422 e. The van der Waals surface area contributed by atoms with E-state index < -0.39 is 18.7 Å². The molecule has 0 unspecified atom stereocenters. The highest BCUT2D eigenvalue weighted by Crippen LogP contribution is 2.29. The average Bonchev–Trinajstić information content (AvgIpc) is 3.07. The lowest BCUT2D eigenvalue weighted by atomic mass is 10.1. The summed E-state index contributed by atoms with van der Waals surface area (Å²) >= 11 is 1.07. The first-order chi connectivity index (χ1) is 14.5. The van der Waals surface area contributed by atoms with Crippen LogP contribution in [0.3, 0.4) is 0 Å². The molecule has 0 aliphatic rings. The normalized spacial score (nSPS) is 11.5. The molecule has 0 saturated carbocycles. The minimum Gasteiger partial charge on any atom is -0.468 e. The third-order valence-corrected chi connectivity index (χ3v) is 5.49. The summed E-state index contributed by atoms with van der Waals surface area (Å²) in [6, 6.07) is 2.60. The van der Waals surface area contributed by atoms with Gasteiger partial charge in [0.25, 0.3) is 11.5 Å². The fourth-order valence-corrected chi connectivity index (χ4v) is 3.75. The van der Waals surface area contributed by atoms with Gasteiger partial charge in [0.05, 0.1) is 28.8 Å². The highest BCUT2D eigenvalue weighted by molar-refractivity contribution is 7.17. The minimum absolute atomic E-state index is 0.217. The number of aromatic nitrogens is 4. The zero-order valence-corrected chi connectivity index (χ0v) is 17.8. The van der Waals surface area contributed by atoms with Crippen LogP contribution in [0.2, 0.25) is 0 Å². The monoisotopic (exact) mass is 453 g/mol. The van der Waals surface area contributed by atoms with E-state index in [9.17, 15) is 22.8 Å². The maximum absolute atomic E-state index is 12.7. The summed E-state index contributed by atoms with van der Waals surface area (Å²) in [6.45, 7) is 3.74.